The predicted octanol–water partition coefficient (Wildman–Crippen LogP) is 4.59. The molecule has 1 amide bonds. The van der Waals surface area contributed by atoms with Gasteiger partial charge in [-0.15, -0.1) is 10.2 Å². The molecule has 0 bridgehead atoms. The number of nitrogens with zero attached hydrogens (tertiary/aromatic N) is 5. The molecular weight excluding hydrogens is 414 g/mol. The Labute approximate surface area is 188 Å². The van der Waals surface area contributed by atoms with Gasteiger partial charge in [0.1, 0.15) is 5.69 Å². The molecule has 0 radical (unpaired) electrons. The summed E-state index contributed by atoms with van der Waals surface area (Å²) < 4.78 is 1.71. The first kappa shape index (κ1) is 18.9. The molecule has 0 aliphatic rings. The second-order valence-electron chi connectivity index (χ2n) is 7.55. The van der Waals surface area contributed by atoms with Crippen LogP contribution in [0.3, 0.4) is 0 Å². The number of aromatic nitrogens is 6. The van der Waals surface area contributed by atoms with Crippen molar-refractivity contribution in [1.29, 1.82) is 0 Å². The van der Waals surface area contributed by atoms with Gasteiger partial charge in [0.2, 0.25) is 0 Å². The summed E-state index contributed by atoms with van der Waals surface area (Å²) in [4.78, 5) is 20.0. The van der Waals surface area contributed by atoms with Crippen molar-refractivity contribution in [2.45, 2.75) is 0 Å². The van der Waals surface area contributed by atoms with Crippen molar-refractivity contribution in [1.82, 2.24) is 29.8 Å². The quantitative estimate of drug-likeness (QED) is 0.425. The first-order valence-corrected chi connectivity index (χ1v) is 10.4. The molecule has 2 N–H and O–H groups in total. The van der Waals surface area contributed by atoms with Gasteiger partial charge in [0, 0.05) is 40.1 Å². The Kier molecular flexibility index (Phi) is 4.40. The van der Waals surface area contributed by atoms with Gasteiger partial charge in [-0.2, -0.15) is 9.61 Å². The molecule has 0 atom stereocenters. The van der Waals surface area contributed by atoms with Crippen molar-refractivity contribution < 1.29 is 4.79 Å². The highest BCUT2D eigenvalue weighted by Crippen LogP contribution is 2.24. The van der Waals surface area contributed by atoms with Crippen LogP contribution in [0.1, 0.15) is 10.5 Å². The molecule has 0 saturated heterocycles. The van der Waals surface area contributed by atoms with Crippen LogP contribution in [0.5, 0.6) is 0 Å². The topological polar surface area (TPSA) is 101 Å². The summed E-state index contributed by atoms with van der Waals surface area (Å²) in [5, 5.41) is 17.2. The van der Waals surface area contributed by atoms with Crippen molar-refractivity contribution >= 4 is 28.1 Å². The van der Waals surface area contributed by atoms with E-state index in [2.05, 4.69) is 25.5 Å². The molecule has 0 unspecified atom stereocenters. The zero-order valence-electron chi connectivity index (χ0n) is 17.3. The Balaban J connectivity index is 1.32. The lowest BCUT2D eigenvalue weighted by Crippen LogP contribution is -2.12. The number of carbonyl (C=O) groups excluding carboxylic acids is 1. The molecule has 0 fully saturated rings. The van der Waals surface area contributed by atoms with E-state index in [-0.39, 0.29) is 5.91 Å². The number of hydrogen-bond donors (Lipinski definition) is 2. The number of amides is 1. The standard InChI is InChI=1S/C25H17N7O/c33-25(22-15-18-4-1-2-7-20(18)28-22)27-19-6-3-5-17(14-19)21-8-9-23-29-30-24(32(23)31-21)16-10-12-26-13-11-16/h1-15,28H,(H,27,33). The van der Waals surface area contributed by atoms with E-state index >= 15 is 0 Å². The van der Waals surface area contributed by atoms with E-state index in [0.717, 1.165) is 27.7 Å². The zero-order valence-corrected chi connectivity index (χ0v) is 17.3. The third kappa shape index (κ3) is 3.49. The Morgan fingerprint density at radius 1 is 0.848 bits per heavy atom. The molecule has 0 aliphatic carbocycles. The highest BCUT2D eigenvalue weighted by molar-refractivity contribution is 6.06. The van der Waals surface area contributed by atoms with E-state index < -0.39 is 0 Å². The molecule has 8 nitrogen and oxygen atoms in total. The Morgan fingerprint density at radius 3 is 2.61 bits per heavy atom. The number of hydrogen-bond acceptors (Lipinski definition) is 5. The van der Waals surface area contributed by atoms with Crippen molar-refractivity contribution in [2.75, 3.05) is 5.32 Å². The minimum Gasteiger partial charge on any atom is -0.351 e. The van der Waals surface area contributed by atoms with E-state index in [1.807, 2.05) is 78.9 Å². The van der Waals surface area contributed by atoms with E-state index in [0.29, 0.717) is 22.9 Å². The van der Waals surface area contributed by atoms with Gasteiger partial charge in [0.15, 0.2) is 11.5 Å². The van der Waals surface area contributed by atoms with Gasteiger partial charge in [0.25, 0.3) is 5.91 Å². The number of fused-ring (bicyclic) bond motifs is 2. The fraction of sp³-hybridized carbons (Fsp3) is 0. The Morgan fingerprint density at radius 2 is 1.73 bits per heavy atom. The van der Waals surface area contributed by atoms with Gasteiger partial charge in [-0.05, 0) is 48.5 Å². The molecule has 8 heteroatoms. The van der Waals surface area contributed by atoms with E-state index in [9.17, 15) is 4.79 Å². The van der Waals surface area contributed by atoms with Crippen LogP contribution in [-0.4, -0.2) is 35.7 Å². The number of pyridine rings is 1. The molecular formula is C25H17N7O. The molecule has 6 aromatic rings. The summed E-state index contributed by atoms with van der Waals surface area (Å²) in [5.74, 6) is 0.433. The van der Waals surface area contributed by atoms with Gasteiger partial charge in [-0.25, -0.2) is 0 Å². The first-order chi connectivity index (χ1) is 16.2. The van der Waals surface area contributed by atoms with Crippen LogP contribution in [0.2, 0.25) is 0 Å². The average molecular weight is 431 g/mol. The summed E-state index contributed by atoms with van der Waals surface area (Å²) >= 11 is 0. The summed E-state index contributed by atoms with van der Waals surface area (Å²) in [7, 11) is 0. The minimum atomic E-state index is -0.203. The summed E-state index contributed by atoms with van der Waals surface area (Å²) in [6.45, 7) is 0. The smallest absolute Gasteiger partial charge is 0.272 e. The van der Waals surface area contributed by atoms with Crippen molar-refractivity contribution in [3.05, 3.63) is 97.0 Å². The SMILES string of the molecule is O=C(Nc1cccc(-c2ccc3nnc(-c4ccncc4)n3n2)c1)c1cc2ccccc2[nH]1. The van der Waals surface area contributed by atoms with Crippen LogP contribution in [0.4, 0.5) is 5.69 Å². The Bertz CT molecular complexity index is 1590. The lowest BCUT2D eigenvalue weighted by Gasteiger charge is -2.07. The second kappa shape index (κ2) is 7.69. The van der Waals surface area contributed by atoms with Crippen LogP contribution in [0.15, 0.2) is 91.3 Å². The first-order valence-electron chi connectivity index (χ1n) is 10.4. The zero-order chi connectivity index (χ0) is 22.2. The maximum atomic E-state index is 12.8. The van der Waals surface area contributed by atoms with E-state index in [1.54, 1.807) is 16.9 Å². The third-order valence-corrected chi connectivity index (χ3v) is 5.39. The van der Waals surface area contributed by atoms with Crippen LogP contribution < -0.4 is 5.32 Å². The number of rotatable bonds is 4. The molecule has 158 valence electrons. The van der Waals surface area contributed by atoms with Crippen LogP contribution in [0, 0.1) is 0 Å². The Hall–Kier alpha value is -4.85. The monoisotopic (exact) mass is 431 g/mol. The second-order valence-corrected chi connectivity index (χ2v) is 7.55. The van der Waals surface area contributed by atoms with Crippen molar-refractivity contribution in [2.24, 2.45) is 0 Å². The molecule has 33 heavy (non-hydrogen) atoms. The van der Waals surface area contributed by atoms with Gasteiger partial charge in [-0.1, -0.05) is 30.3 Å². The number of aromatic amines is 1. The van der Waals surface area contributed by atoms with Gasteiger partial charge < -0.3 is 10.3 Å². The molecule has 2 aromatic carbocycles. The van der Waals surface area contributed by atoms with Crippen molar-refractivity contribution in [3.63, 3.8) is 0 Å². The molecule has 4 heterocycles. The molecule has 0 saturated carbocycles. The minimum absolute atomic E-state index is 0.203. The summed E-state index contributed by atoms with van der Waals surface area (Å²) in [6.07, 6.45) is 3.42. The van der Waals surface area contributed by atoms with Gasteiger partial charge in [-0.3, -0.25) is 9.78 Å². The number of H-pyrrole nitrogens is 1. The summed E-state index contributed by atoms with van der Waals surface area (Å²) in [6, 6.07) is 24.7. The van der Waals surface area contributed by atoms with Crippen molar-refractivity contribution in [3.8, 4) is 22.6 Å². The fourth-order valence-corrected chi connectivity index (χ4v) is 3.77. The van der Waals surface area contributed by atoms with E-state index in [4.69, 9.17) is 5.10 Å². The molecule has 0 aliphatic heterocycles. The lowest BCUT2D eigenvalue weighted by atomic mass is 10.1. The fourth-order valence-electron chi connectivity index (χ4n) is 3.77. The maximum Gasteiger partial charge on any atom is 0.272 e. The predicted molar refractivity (Wildman–Crippen MR) is 126 cm³/mol. The number of benzene rings is 2. The number of anilines is 1. The normalized spacial score (nSPS) is 11.2. The van der Waals surface area contributed by atoms with E-state index in [1.165, 1.54) is 0 Å². The summed E-state index contributed by atoms with van der Waals surface area (Å²) in [5.41, 5.74) is 5.23. The highest BCUT2D eigenvalue weighted by atomic mass is 16.1. The number of para-hydroxylation sites is 1. The third-order valence-electron chi connectivity index (χ3n) is 5.39. The molecule has 4 aromatic heterocycles. The van der Waals surface area contributed by atoms with Crippen LogP contribution >= 0.6 is 0 Å². The lowest BCUT2D eigenvalue weighted by molar-refractivity contribution is 0.102. The number of carbonyl (C=O) groups is 1. The number of nitrogens with one attached hydrogen (secondary N) is 2. The molecule has 6 rings (SSSR count). The maximum absolute atomic E-state index is 12.8. The van der Waals surface area contributed by atoms with Crippen LogP contribution in [0.25, 0.3) is 39.2 Å². The highest BCUT2D eigenvalue weighted by Gasteiger charge is 2.13. The molecule has 0 spiro atoms. The van der Waals surface area contributed by atoms with Gasteiger partial charge >= 0.3 is 0 Å². The van der Waals surface area contributed by atoms with Gasteiger partial charge in [0.05, 0.1) is 5.69 Å². The van der Waals surface area contributed by atoms with Crippen LogP contribution in [-0.2, 0) is 0 Å². The average Bonchev–Trinajstić information content (AvgIpc) is 3.49. The largest absolute Gasteiger partial charge is 0.351 e.